The molecular formula is C57H47N. The van der Waals surface area contributed by atoms with Gasteiger partial charge in [0, 0.05) is 27.3 Å². The van der Waals surface area contributed by atoms with E-state index in [0.29, 0.717) is 5.92 Å². The first-order chi connectivity index (χ1) is 28.3. The summed E-state index contributed by atoms with van der Waals surface area (Å²) in [7, 11) is 0. The standard InChI is InChI=1S/C57H47N/c1-56(2)50-20-9-5-14-44(50)46-33-26-38(36-52(46)56)35-41(43-18-13-19-49-45-15-6-10-21-51(45)57(3,4)55(43)49)34-37-24-27-39(28-25-37)40-29-31-42(32-30-40)58-53-22-11-7-16-47(53)48-17-8-12-23-54(48)58/h5-33,36,41H,34-35H2,1-4H3. The summed E-state index contributed by atoms with van der Waals surface area (Å²) >= 11 is 0. The van der Waals surface area contributed by atoms with E-state index >= 15 is 0 Å². The van der Waals surface area contributed by atoms with Crippen LogP contribution in [0.1, 0.15) is 72.6 Å². The fraction of sp³-hybridized carbons (Fsp3) is 0.158. The van der Waals surface area contributed by atoms with Gasteiger partial charge in [-0.15, -0.1) is 0 Å². The van der Waals surface area contributed by atoms with Gasteiger partial charge in [0.25, 0.3) is 0 Å². The summed E-state index contributed by atoms with van der Waals surface area (Å²) in [6.45, 7) is 9.63. The predicted molar refractivity (Wildman–Crippen MR) is 244 cm³/mol. The third kappa shape index (κ3) is 5.30. The Bertz CT molecular complexity index is 2990. The molecule has 0 saturated heterocycles. The molecule has 9 aromatic rings. The molecule has 11 rings (SSSR count). The average Bonchev–Trinajstić information content (AvgIpc) is 3.81. The van der Waals surface area contributed by atoms with Gasteiger partial charge in [-0.2, -0.15) is 0 Å². The van der Waals surface area contributed by atoms with E-state index in [1.54, 1.807) is 0 Å². The van der Waals surface area contributed by atoms with Crippen molar-refractivity contribution in [2.24, 2.45) is 0 Å². The number of benzene rings is 8. The Kier molecular flexibility index (Phi) is 7.82. The van der Waals surface area contributed by atoms with Crippen molar-refractivity contribution in [3.05, 3.63) is 221 Å². The second-order valence-corrected chi connectivity index (χ2v) is 17.7. The monoisotopic (exact) mass is 745 g/mol. The Hall–Kier alpha value is -6.44. The molecule has 1 nitrogen and oxygen atoms in total. The normalized spacial score (nSPS) is 14.9. The maximum Gasteiger partial charge on any atom is 0.0541 e. The van der Waals surface area contributed by atoms with Crippen LogP contribution in [-0.4, -0.2) is 4.57 Å². The molecule has 1 aromatic heterocycles. The van der Waals surface area contributed by atoms with Crippen LogP contribution in [-0.2, 0) is 23.7 Å². The quantitative estimate of drug-likeness (QED) is 0.153. The molecule has 8 aromatic carbocycles. The molecular weight excluding hydrogens is 699 g/mol. The number of aromatic nitrogens is 1. The molecule has 0 amide bonds. The fourth-order valence-electron chi connectivity index (χ4n) is 10.8. The minimum atomic E-state index is -0.0718. The largest absolute Gasteiger partial charge is 0.309 e. The van der Waals surface area contributed by atoms with Crippen molar-refractivity contribution in [1.29, 1.82) is 0 Å². The first-order valence-corrected chi connectivity index (χ1v) is 20.9. The number of para-hydroxylation sites is 2. The van der Waals surface area contributed by atoms with Crippen molar-refractivity contribution in [1.82, 2.24) is 4.57 Å². The van der Waals surface area contributed by atoms with E-state index in [4.69, 9.17) is 0 Å². The van der Waals surface area contributed by atoms with Gasteiger partial charge in [0.05, 0.1) is 11.0 Å². The lowest BCUT2D eigenvalue weighted by Crippen LogP contribution is -2.20. The van der Waals surface area contributed by atoms with E-state index < -0.39 is 0 Å². The summed E-state index contributed by atoms with van der Waals surface area (Å²) in [6, 6.07) is 68.3. The predicted octanol–water partition coefficient (Wildman–Crippen LogP) is 14.6. The van der Waals surface area contributed by atoms with Crippen molar-refractivity contribution in [2.75, 3.05) is 0 Å². The minimum absolute atomic E-state index is 0.0213. The van der Waals surface area contributed by atoms with Gasteiger partial charge in [0.2, 0.25) is 0 Å². The molecule has 0 bridgehead atoms. The Balaban J connectivity index is 0.941. The lowest BCUT2D eigenvalue weighted by Gasteiger charge is -2.29. The second-order valence-electron chi connectivity index (χ2n) is 17.7. The summed E-state index contributed by atoms with van der Waals surface area (Å²) in [5.74, 6) is 0.310. The van der Waals surface area contributed by atoms with E-state index in [-0.39, 0.29) is 10.8 Å². The van der Waals surface area contributed by atoms with Crippen LogP contribution in [0.5, 0.6) is 0 Å². The van der Waals surface area contributed by atoms with Gasteiger partial charge in [-0.05, 0) is 115 Å². The third-order valence-electron chi connectivity index (χ3n) is 13.7. The zero-order chi connectivity index (χ0) is 39.2. The number of hydrogen-bond donors (Lipinski definition) is 0. The summed E-state index contributed by atoms with van der Waals surface area (Å²) in [6.07, 6.45) is 1.95. The molecule has 2 aliphatic rings. The van der Waals surface area contributed by atoms with Crippen LogP contribution in [0.2, 0.25) is 0 Å². The number of nitrogens with zero attached hydrogens (tertiary/aromatic N) is 1. The van der Waals surface area contributed by atoms with E-state index in [2.05, 4.69) is 214 Å². The van der Waals surface area contributed by atoms with Gasteiger partial charge in [0.15, 0.2) is 0 Å². The van der Waals surface area contributed by atoms with E-state index in [9.17, 15) is 0 Å². The second kappa shape index (κ2) is 13.0. The summed E-state index contributed by atoms with van der Waals surface area (Å²) < 4.78 is 2.39. The Morgan fingerprint density at radius 1 is 0.414 bits per heavy atom. The molecule has 2 aliphatic carbocycles. The SMILES string of the molecule is CC1(C)c2ccccc2-c2ccc(CC(Cc3ccc(-c4ccc(-n5c6ccccc6c6ccccc65)cc4)cc3)c3cccc4c3C(C)(C)c3ccccc3-4)cc21. The molecule has 0 spiro atoms. The lowest BCUT2D eigenvalue weighted by atomic mass is 9.74. The van der Waals surface area contributed by atoms with Gasteiger partial charge in [-0.1, -0.05) is 185 Å². The van der Waals surface area contributed by atoms with Crippen LogP contribution in [0.4, 0.5) is 0 Å². The molecule has 0 saturated carbocycles. The highest BCUT2D eigenvalue weighted by Gasteiger charge is 2.39. The molecule has 0 fully saturated rings. The van der Waals surface area contributed by atoms with Gasteiger partial charge in [-0.25, -0.2) is 0 Å². The minimum Gasteiger partial charge on any atom is -0.309 e. The third-order valence-corrected chi connectivity index (χ3v) is 13.7. The average molecular weight is 746 g/mol. The first kappa shape index (κ1) is 34.8. The Labute approximate surface area is 342 Å². The molecule has 1 heteroatoms. The van der Waals surface area contributed by atoms with Crippen molar-refractivity contribution in [3.63, 3.8) is 0 Å². The summed E-state index contributed by atoms with van der Waals surface area (Å²) in [5.41, 5.74) is 21.7. The molecule has 0 radical (unpaired) electrons. The maximum absolute atomic E-state index is 2.53. The van der Waals surface area contributed by atoms with E-state index in [1.807, 2.05) is 0 Å². The zero-order valence-electron chi connectivity index (χ0n) is 33.8. The van der Waals surface area contributed by atoms with Crippen LogP contribution >= 0.6 is 0 Å². The van der Waals surface area contributed by atoms with Crippen LogP contribution in [0, 0.1) is 0 Å². The zero-order valence-corrected chi connectivity index (χ0v) is 33.8. The van der Waals surface area contributed by atoms with Gasteiger partial charge in [0.1, 0.15) is 0 Å². The van der Waals surface area contributed by atoms with Gasteiger partial charge >= 0.3 is 0 Å². The maximum atomic E-state index is 2.53. The highest BCUT2D eigenvalue weighted by Crippen LogP contribution is 2.53. The lowest BCUT2D eigenvalue weighted by molar-refractivity contribution is 0.612. The highest BCUT2D eigenvalue weighted by molar-refractivity contribution is 6.09. The van der Waals surface area contributed by atoms with Crippen molar-refractivity contribution in [3.8, 4) is 39.1 Å². The summed E-state index contributed by atoms with van der Waals surface area (Å²) in [5, 5.41) is 2.57. The fourth-order valence-corrected chi connectivity index (χ4v) is 10.8. The van der Waals surface area contributed by atoms with E-state index in [1.165, 1.54) is 99.8 Å². The molecule has 1 atom stereocenters. The van der Waals surface area contributed by atoms with Crippen LogP contribution < -0.4 is 0 Å². The van der Waals surface area contributed by atoms with E-state index in [0.717, 1.165) is 12.8 Å². The number of fused-ring (bicyclic) bond motifs is 9. The molecule has 1 unspecified atom stereocenters. The smallest absolute Gasteiger partial charge is 0.0541 e. The van der Waals surface area contributed by atoms with Gasteiger partial charge in [-0.3, -0.25) is 0 Å². The number of hydrogen-bond acceptors (Lipinski definition) is 0. The highest BCUT2D eigenvalue weighted by atomic mass is 15.0. The van der Waals surface area contributed by atoms with Crippen molar-refractivity contribution >= 4 is 21.8 Å². The summed E-state index contributed by atoms with van der Waals surface area (Å²) in [4.78, 5) is 0. The molecule has 58 heavy (non-hydrogen) atoms. The Morgan fingerprint density at radius 3 is 1.59 bits per heavy atom. The Morgan fingerprint density at radius 2 is 0.914 bits per heavy atom. The molecule has 1 heterocycles. The van der Waals surface area contributed by atoms with Crippen LogP contribution in [0.3, 0.4) is 0 Å². The van der Waals surface area contributed by atoms with Crippen molar-refractivity contribution < 1.29 is 0 Å². The first-order valence-electron chi connectivity index (χ1n) is 20.9. The number of rotatable bonds is 7. The van der Waals surface area contributed by atoms with Crippen LogP contribution in [0.25, 0.3) is 60.9 Å². The molecule has 0 N–H and O–H groups in total. The topological polar surface area (TPSA) is 4.93 Å². The molecule has 280 valence electrons. The van der Waals surface area contributed by atoms with Crippen LogP contribution in [0.15, 0.2) is 182 Å². The molecule has 0 aliphatic heterocycles. The van der Waals surface area contributed by atoms with Gasteiger partial charge < -0.3 is 4.57 Å². The van der Waals surface area contributed by atoms with Crippen molar-refractivity contribution in [2.45, 2.75) is 57.3 Å².